The van der Waals surface area contributed by atoms with Crippen LogP contribution < -0.4 is 0 Å². The van der Waals surface area contributed by atoms with Gasteiger partial charge in [-0.3, -0.25) is 0 Å². The van der Waals surface area contributed by atoms with Gasteiger partial charge in [-0.25, -0.2) is 0 Å². The van der Waals surface area contributed by atoms with Gasteiger partial charge in [0.1, 0.15) is 11.6 Å². The molecule has 0 amide bonds. The van der Waals surface area contributed by atoms with Crippen LogP contribution in [0.4, 0.5) is 26.3 Å². The molecule has 8 rings (SSSR count). The Balaban J connectivity index is 1.58. The van der Waals surface area contributed by atoms with Gasteiger partial charge in [0.2, 0.25) is 0 Å². The fourth-order valence-corrected chi connectivity index (χ4v) is 7.46. The molecule has 9 heteroatoms. The molecular formula is C43H29F6N3. The first kappa shape index (κ1) is 33.2. The Bertz CT molecular complexity index is 2670. The number of fused-ring (bicyclic) bond motifs is 6. The molecule has 2 aromatic heterocycles. The summed E-state index contributed by atoms with van der Waals surface area (Å²) in [5.41, 5.74) is 4.45. The van der Waals surface area contributed by atoms with Crippen molar-refractivity contribution < 1.29 is 26.3 Å². The molecule has 2 heterocycles. The second-order valence-electron chi connectivity index (χ2n) is 13.5. The predicted molar refractivity (Wildman–Crippen MR) is 194 cm³/mol. The topological polar surface area (TPSA) is 33.6 Å². The summed E-state index contributed by atoms with van der Waals surface area (Å²) in [5, 5.41) is 14.7. The van der Waals surface area contributed by atoms with Crippen LogP contribution in [0.25, 0.3) is 66.1 Å². The number of rotatable bonds is 3. The molecule has 0 bridgehead atoms. The Hall–Kier alpha value is -6.01. The van der Waals surface area contributed by atoms with E-state index in [1.54, 1.807) is 10.6 Å². The van der Waals surface area contributed by atoms with E-state index >= 15 is 0 Å². The highest BCUT2D eigenvalue weighted by atomic mass is 19.4. The van der Waals surface area contributed by atoms with Gasteiger partial charge in [-0.15, -0.1) is 0 Å². The first-order chi connectivity index (χ1) is 24.6. The lowest BCUT2D eigenvalue weighted by Crippen LogP contribution is -2.12. The third kappa shape index (κ3) is 5.20. The SMILES string of the molecule is Cc1ccc2c(c1)c1cc(C)ccc1n2-c1ccc(-c2cc(C(F)(F)F)cc(C(F)(F)F)c2)c(-n2c3ccc(C)cc3c3cc(C)ccc32)c1C#N. The zero-order chi connectivity index (χ0) is 36.9. The summed E-state index contributed by atoms with van der Waals surface area (Å²) in [6.07, 6.45) is -10.1. The van der Waals surface area contributed by atoms with Crippen LogP contribution in [-0.2, 0) is 12.4 Å². The lowest BCUT2D eigenvalue weighted by molar-refractivity contribution is -0.143. The molecule has 0 spiro atoms. The van der Waals surface area contributed by atoms with Gasteiger partial charge < -0.3 is 9.13 Å². The number of hydrogen-bond donors (Lipinski definition) is 0. The van der Waals surface area contributed by atoms with Gasteiger partial charge >= 0.3 is 12.4 Å². The Morgan fingerprint density at radius 1 is 0.481 bits per heavy atom. The molecule has 8 aromatic rings. The van der Waals surface area contributed by atoms with Crippen LogP contribution in [0.3, 0.4) is 0 Å². The normalized spacial score (nSPS) is 12.4. The third-order valence-electron chi connectivity index (χ3n) is 9.78. The van der Waals surface area contributed by atoms with E-state index in [9.17, 15) is 31.6 Å². The van der Waals surface area contributed by atoms with Crippen molar-refractivity contribution in [2.24, 2.45) is 0 Å². The van der Waals surface area contributed by atoms with Crippen molar-refractivity contribution in [3.8, 4) is 28.6 Å². The van der Waals surface area contributed by atoms with Crippen molar-refractivity contribution >= 4 is 43.6 Å². The quantitative estimate of drug-likeness (QED) is 0.169. The van der Waals surface area contributed by atoms with Gasteiger partial charge in [-0.2, -0.15) is 31.6 Å². The number of halogens is 6. The molecule has 0 fully saturated rings. The Kier molecular flexibility index (Phi) is 7.33. The van der Waals surface area contributed by atoms with E-state index in [1.807, 2.05) is 92.9 Å². The van der Waals surface area contributed by atoms with E-state index in [1.165, 1.54) is 6.07 Å². The van der Waals surface area contributed by atoms with Gasteiger partial charge in [0, 0.05) is 27.1 Å². The van der Waals surface area contributed by atoms with E-state index in [0.29, 0.717) is 16.7 Å². The molecule has 0 N–H and O–H groups in total. The minimum absolute atomic E-state index is 0.0457. The molecule has 6 aromatic carbocycles. The molecule has 52 heavy (non-hydrogen) atoms. The van der Waals surface area contributed by atoms with Crippen molar-refractivity contribution in [2.45, 2.75) is 40.0 Å². The highest BCUT2D eigenvalue weighted by molar-refractivity contribution is 6.12. The summed E-state index contributed by atoms with van der Waals surface area (Å²) in [6.45, 7) is 7.86. The Morgan fingerprint density at radius 2 is 0.865 bits per heavy atom. The molecule has 0 unspecified atom stereocenters. The van der Waals surface area contributed by atoms with E-state index < -0.39 is 23.5 Å². The van der Waals surface area contributed by atoms with Crippen LogP contribution in [0.5, 0.6) is 0 Å². The maximum atomic E-state index is 14.2. The van der Waals surface area contributed by atoms with Crippen LogP contribution in [0.2, 0.25) is 0 Å². The molecule has 0 saturated carbocycles. The maximum absolute atomic E-state index is 14.2. The minimum atomic E-state index is -5.06. The summed E-state index contributed by atoms with van der Waals surface area (Å²) in [4.78, 5) is 0. The van der Waals surface area contributed by atoms with Gasteiger partial charge in [0.15, 0.2) is 0 Å². The first-order valence-electron chi connectivity index (χ1n) is 16.5. The molecule has 0 aliphatic carbocycles. The summed E-state index contributed by atoms with van der Waals surface area (Å²) in [5.74, 6) is 0. The molecule has 258 valence electrons. The highest BCUT2D eigenvalue weighted by Gasteiger charge is 2.37. The fraction of sp³-hybridized carbons (Fsp3) is 0.140. The van der Waals surface area contributed by atoms with E-state index in [2.05, 4.69) is 18.2 Å². The summed E-state index contributed by atoms with van der Waals surface area (Å²) in [6, 6.07) is 30.6. The Morgan fingerprint density at radius 3 is 1.23 bits per heavy atom. The number of aromatic nitrogens is 2. The van der Waals surface area contributed by atoms with Crippen molar-refractivity contribution in [3.63, 3.8) is 0 Å². The van der Waals surface area contributed by atoms with Crippen molar-refractivity contribution in [2.75, 3.05) is 0 Å². The second kappa shape index (κ2) is 11.5. The largest absolute Gasteiger partial charge is 0.416 e. The minimum Gasteiger partial charge on any atom is -0.308 e. The molecule has 0 aliphatic heterocycles. The molecule has 0 aliphatic rings. The maximum Gasteiger partial charge on any atom is 0.416 e. The molecule has 0 saturated heterocycles. The smallest absolute Gasteiger partial charge is 0.308 e. The van der Waals surface area contributed by atoms with E-state index in [4.69, 9.17) is 0 Å². The lowest BCUT2D eigenvalue weighted by Gasteiger charge is -2.21. The summed E-state index contributed by atoms with van der Waals surface area (Å²) >= 11 is 0. The monoisotopic (exact) mass is 701 g/mol. The average Bonchev–Trinajstić information content (AvgIpc) is 3.57. The van der Waals surface area contributed by atoms with Crippen molar-refractivity contribution in [1.29, 1.82) is 5.26 Å². The number of aryl methyl sites for hydroxylation is 4. The van der Waals surface area contributed by atoms with Crippen LogP contribution in [0.1, 0.15) is 38.9 Å². The zero-order valence-electron chi connectivity index (χ0n) is 28.4. The summed E-state index contributed by atoms with van der Waals surface area (Å²) < 4.78 is 89.2. The molecule has 0 radical (unpaired) electrons. The average molecular weight is 702 g/mol. The number of alkyl halides is 6. The van der Waals surface area contributed by atoms with Crippen molar-refractivity contribution in [1.82, 2.24) is 9.13 Å². The van der Waals surface area contributed by atoms with Crippen LogP contribution in [0, 0.1) is 39.0 Å². The van der Waals surface area contributed by atoms with Crippen LogP contribution in [-0.4, -0.2) is 9.13 Å². The van der Waals surface area contributed by atoms with Crippen molar-refractivity contribution in [3.05, 3.63) is 142 Å². The number of benzene rings is 6. The predicted octanol–water partition coefficient (Wildman–Crippen LogP) is 12.7. The Labute approximate surface area is 294 Å². The first-order valence-corrected chi connectivity index (χ1v) is 16.5. The van der Waals surface area contributed by atoms with E-state index in [0.717, 1.165) is 67.0 Å². The molecule has 3 nitrogen and oxygen atoms in total. The summed E-state index contributed by atoms with van der Waals surface area (Å²) in [7, 11) is 0. The van der Waals surface area contributed by atoms with Gasteiger partial charge in [-0.05, 0) is 106 Å². The number of nitriles is 1. The lowest BCUT2D eigenvalue weighted by atomic mass is 9.94. The second-order valence-corrected chi connectivity index (χ2v) is 13.5. The number of hydrogen-bond acceptors (Lipinski definition) is 1. The molecule has 0 atom stereocenters. The van der Waals surface area contributed by atoms with Gasteiger partial charge in [0.25, 0.3) is 0 Å². The van der Waals surface area contributed by atoms with Crippen LogP contribution in [0.15, 0.2) is 103 Å². The standard InChI is InChI=1S/C43H29F6N3/c1-23-5-10-36-31(15-23)32-16-24(2)6-11-37(32)51(36)40-14-9-30(27-19-28(42(44,45)46)21-29(20-27)43(47,48)49)41(35(40)22-50)52-38-12-7-25(3)17-33(38)34-18-26(4)8-13-39(34)52/h5-21H,1-4H3. The highest BCUT2D eigenvalue weighted by Crippen LogP contribution is 2.45. The van der Waals surface area contributed by atoms with Crippen LogP contribution >= 0.6 is 0 Å². The fourth-order valence-electron chi connectivity index (χ4n) is 7.46. The molecular weight excluding hydrogens is 672 g/mol. The van der Waals surface area contributed by atoms with E-state index in [-0.39, 0.29) is 28.4 Å². The third-order valence-corrected chi connectivity index (χ3v) is 9.78. The number of nitrogens with zero attached hydrogens (tertiary/aromatic N) is 3. The van der Waals surface area contributed by atoms with Gasteiger partial charge in [-0.1, -0.05) is 52.6 Å². The van der Waals surface area contributed by atoms with Gasteiger partial charge in [0.05, 0.1) is 44.6 Å². The zero-order valence-corrected chi connectivity index (χ0v) is 28.4.